The number of benzene rings is 1. The zero-order valence-corrected chi connectivity index (χ0v) is 13.4. The molecule has 8 heteroatoms. The van der Waals surface area contributed by atoms with E-state index in [0.717, 1.165) is 0 Å². The first-order valence-corrected chi connectivity index (χ1v) is 7.49. The number of likely N-dealkylation sites (tertiary alicyclic amines) is 1. The van der Waals surface area contributed by atoms with Gasteiger partial charge in [-0.25, -0.2) is 0 Å². The molecule has 0 radical (unpaired) electrons. The fourth-order valence-electron chi connectivity index (χ4n) is 2.69. The number of amides is 1. The number of β-amino-alcohol motifs (C(OH)–C–C–N with tert-alkyl or cyclic N) is 1. The van der Waals surface area contributed by atoms with Gasteiger partial charge >= 0.3 is 6.18 Å². The van der Waals surface area contributed by atoms with E-state index in [-0.39, 0.29) is 12.3 Å². The lowest BCUT2D eigenvalue weighted by Crippen LogP contribution is -2.49. The minimum Gasteiger partial charge on any atom is -0.379 e. The number of hydrogen-bond acceptors (Lipinski definition) is 4. The molecule has 5 nitrogen and oxygen atoms in total. The molecule has 0 saturated carbocycles. The van der Waals surface area contributed by atoms with Gasteiger partial charge in [-0.05, 0) is 32.4 Å². The minimum atomic E-state index is -4.74. The summed E-state index contributed by atoms with van der Waals surface area (Å²) in [6.07, 6.45) is -5.21. The Morgan fingerprint density at radius 3 is 2.50 bits per heavy atom. The van der Waals surface area contributed by atoms with Crippen molar-refractivity contribution >= 4 is 17.4 Å². The maximum atomic E-state index is 12.9. The van der Waals surface area contributed by atoms with E-state index in [2.05, 4.69) is 5.32 Å². The van der Waals surface area contributed by atoms with E-state index < -0.39 is 36.7 Å². The molecule has 2 atom stereocenters. The minimum absolute atomic E-state index is 0.0427. The second-order valence-electron chi connectivity index (χ2n) is 6.02. The Morgan fingerprint density at radius 2 is 1.96 bits per heavy atom. The van der Waals surface area contributed by atoms with E-state index >= 15 is 0 Å². The molecule has 24 heavy (non-hydrogen) atoms. The molecule has 0 bridgehead atoms. The van der Waals surface area contributed by atoms with Crippen molar-refractivity contribution in [3.8, 4) is 0 Å². The predicted molar refractivity (Wildman–Crippen MR) is 81.7 cm³/mol. The smallest absolute Gasteiger partial charge is 0.379 e. The van der Waals surface area contributed by atoms with Gasteiger partial charge in [0, 0.05) is 18.7 Å². The van der Waals surface area contributed by atoms with E-state index in [1.54, 1.807) is 24.3 Å². The number of alkyl halides is 3. The summed E-state index contributed by atoms with van der Waals surface area (Å²) in [6, 6.07) is 5.53. The summed E-state index contributed by atoms with van der Waals surface area (Å²) < 4.78 is 38.6. The van der Waals surface area contributed by atoms with E-state index in [1.165, 1.54) is 18.7 Å². The highest BCUT2D eigenvalue weighted by Crippen LogP contribution is 2.38. The van der Waals surface area contributed by atoms with Crippen LogP contribution in [0.15, 0.2) is 24.3 Å². The molecule has 1 amide bonds. The maximum absolute atomic E-state index is 12.9. The molecule has 0 spiro atoms. The third-order valence-electron chi connectivity index (χ3n) is 4.30. The van der Waals surface area contributed by atoms with Gasteiger partial charge in [-0.2, -0.15) is 13.2 Å². The molecule has 0 aromatic heterocycles. The Morgan fingerprint density at radius 1 is 1.33 bits per heavy atom. The molecule has 1 saturated heterocycles. The fourth-order valence-corrected chi connectivity index (χ4v) is 2.69. The Balaban J connectivity index is 2.08. The van der Waals surface area contributed by atoms with Gasteiger partial charge in [0.05, 0.1) is 11.7 Å². The molecule has 0 aliphatic carbocycles. The van der Waals surface area contributed by atoms with E-state index in [0.29, 0.717) is 11.3 Å². The van der Waals surface area contributed by atoms with Crippen LogP contribution >= 0.6 is 0 Å². The summed E-state index contributed by atoms with van der Waals surface area (Å²) in [4.78, 5) is 25.1. The van der Waals surface area contributed by atoms with Gasteiger partial charge in [0.2, 0.25) is 5.91 Å². The van der Waals surface area contributed by atoms with Crippen LogP contribution < -0.4 is 5.32 Å². The second-order valence-corrected chi connectivity index (χ2v) is 6.02. The molecular weight excluding hydrogens is 325 g/mol. The van der Waals surface area contributed by atoms with Crippen LogP contribution in [0.5, 0.6) is 0 Å². The number of anilines is 1. The number of halogens is 3. The van der Waals surface area contributed by atoms with Crippen LogP contribution in [-0.2, 0) is 4.79 Å². The van der Waals surface area contributed by atoms with Gasteiger partial charge in [-0.1, -0.05) is 12.1 Å². The van der Waals surface area contributed by atoms with Gasteiger partial charge in [-0.15, -0.1) is 0 Å². The topological polar surface area (TPSA) is 69.6 Å². The van der Waals surface area contributed by atoms with Crippen molar-refractivity contribution in [1.29, 1.82) is 0 Å². The molecule has 1 aliphatic heterocycles. The van der Waals surface area contributed by atoms with Gasteiger partial charge in [0.1, 0.15) is 0 Å². The first-order chi connectivity index (χ1) is 11.0. The number of nitrogens with zero attached hydrogens (tertiary/aromatic N) is 1. The van der Waals surface area contributed by atoms with Crippen molar-refractivity contribution in [2.45, 2.75) is 38.1 Å². The molecular formula is C16H19F3N2O3. The highest BCUT2D eigenvalue weighted by Gasteiger charge is 2.57. The lowest BCUT2D eigenvalue weighted by atomic mass is 10.0. The van der Waals surface area contributed by atoms with Crippen LogP contribution in [0.1, 0.15) is 30.6 Å². The molecule has 1 aromatic carbocycles. The van der Waals surface area contributed by atoms with Crippen LogP contribution in [0.25, 0.3) is 0 Å². The van der Waals surface area contributed by atoms with Crippen LogP contribution in [0.3, 0.4) is 0 Å². The highest BCUT2D eigenvalue weighted by molar-refractivity contribution is 6.04. The number of nitrogens with one attached hydrogen (secondary N) is 1. The molecule has 1 aliphatic rings. The molecule has 2 rings (SSSR count). The maximum Gasteiger partial charge on any atom is 0.418 e. The van der Waals surface area contributed by atoms with E-state index in [9.17, 15) is 27.9 Å². The van der Waals surface area contributed by atoms with Crippen molar-refractivity contribution in [3.63, 3.8) is 0 Å². The molecule has 0 unspecified atom stereocenters. The molecule has 1 heterocycles. The van der Waals surface area contributed by atoms with Crippen molar-refractivity contribution < 1.29 is 27.9 Å². The zero-order valence-electron chi connectivity index (χ0n) is 13.4. The number of carbonyl (C=O) groups is 2. The van der Waals surface area contributed by atoms with Crippen LogP contribution in [-0.4, -0.2) is 52.6 Å². The van der Waals surface area contributed by atoms with Crippen molar-refractivity contribution in [1.82, 2.24) is 4.90 Å². The normalized spacial score (nSPS) is 23.1. The average Bonchev–Trinajstić information content (AvgIpc) is 2.90. The molecule has 1 fully saturated rings. The number of rotatable bonds is 4. The number of aliphatic hydroxyl groups is 1. The molecule has 132 valence electrons. The fraction of sp³-hybridized carbons (Fsp3) is 0.500. The molecule has 2 N–H and O–H groups in total. The standard InChI is InChI=1S/C16H19F3N2O3/c1-10(21-8-7-15(24,9-21)16(17,18)19)14(23)20-13-6-4-3-5-12(13)11(2)22/h3-6,10,24H,7-9H2,1-2H3,(H,20,23)/t10-,15+/m0/s1. The average molecular weight is 344 g/mol. The third-order valence-corrected chi connectivity index (χ3v) is 4.30. The van der Waals surface area contributed by atoms with E-state index in [4.69, 9.17) is 0 Å². The number of para-hydroxylation sites is 1. The van der Waals surface area contributed by atoms with E-state index in [1.807, 2.05) is 0 Å². The predicted octanol–water partition coefficient (Wildman–Crippen LogP) is 2.22. The summed E-state index contributed by atoms with van der Waals surface area (Å²) >= 11 is 0. The number of ketones is 1. The summed E-state index contributed by atoms with van der Waals surface area (Å²) in [7, 11) is 0. The van der Waals surface area contributed by atoms with Crippen molar-refractivity contribution in [2.75, 3.05) is 18.4 Å². The number of hydrogen-bond donors (Lipinski definition) is 2. The van der Waals surface area contributed by atoms with Gasteiger partial charge < -0.3 is 10.4 Å². The number of Topliss-reactive ketones (excluding diaryl/α,β-unsaturated/α-hetero) is 1. The second kappa shape index (κ2) is 6.52. The van der Waals surface area contributed by atoms with Crippen molar-refractivity contribution in [3.05, 3.63) is 29.8 Å². The van der Waals surface area contributed by atoms with Gasteiger partial charge in [0.25, 0.3) is 0 Å². The lowest BCUT2D eigenvalue weighted by molar-refractivity contribution is -0.254. The first-order valence-electron chi connectivity index (χ1n) is 7.49. The Bertz CT molecular complexity index is 648. The highest BCUT2D eigenvalue weighted by atomic mass is 19.4. The zero-order chi connectivity index (χ0) is 18.1. The Hall–Kier alpha value is -1.93. The van der Waals surface area contributed by atoms with Crippen LogP contribution in [0.2, 0.25) is 0 Å². The lowest BCUT2D eigenvalue weighted by Gasteiger charge is -2.28. The summed E-state index contributed by atoms with van der Waals surface area (Å²) in [6.45, 7) is 2.13. The Kier molecular flexibility index (Phi) is 5.00. The summed E-state index contributed by atoms with van der Waals surface area (Å²) in [5.74, 6) is -0.763. The molecule has 1 aromatic rings. The van der Waals surface area contributed by atoms with Crippen LogP contribution in [0, 0.1) is 0 Å². The first kappa shape index (κ1) is 18.4. The number of carbonyl (C=O) groups excluding carboxylic acids is 2. The SMILES string of the molecule is CC(=O)c1ccccc1NC(=O)[C@H](C)N1CC[C@](O)(C(F)(F)F)C1. The monoisotopic (exact) mass is 344 g/mol. The summed E-state index contributed by atoms with van der Waals surface area (Å²) in [5, 5.41) is 12.3. The largest absolute Gasteiger partial charge is 0.418 e. The van der Waals surface area contributed by atoms with Crippen LogP contribution in [0.4, 0.5) is 18.9 Å². The third kappa shape index (κ3) is 3.59. The quantitative estimate of drug-likeness (QED) is 0.822. The van der Waals surface area contributed by atoms with Crippen molar-refractivity contribution in [2.24, 2.45) is 0 Å². The Labute approximate surface area is 137 Å². The summed E-state index contributed by atoms with van der Waals surface area (Å²) in [5.41, 5.74) is -2.16. The van der Waals surface area contributed by atoms with Gasteiger partial charge in [-0.3, -0.25) is 14.5 Å². The van der Waals surface area contributed by atoms with Gasteiger partial charge in [0.15, 0.2) is 11.4 Å².